The molecule has 0 amide bonds. The number of fused-ring (bicyclic) bond motifs is 1. The third-order valence-electron chi connectivity index (χ3n) is 2.29. The molecular formula is C12H7BrN2O2. The first-order valence-corrected chi connectivity index (χ1v) is 5.53. The highest BCUT2D eigenvalue weighted by Crippen LogP contribution is 2.23. The van der Waals surface area contributed by atoms with Gasteiger partial charge in [0.2, 0.25) is 0 Å². The quantitative estimate of drug-likeness (QED) is 0.758. The standard InChI is InChI=1S/C12H7BrN2O2/c1-17-12(16)10-5-8(6-14)15-11-3-2-7(13)4-9(10)11/h2-5H,1H3. The summed E-state index contributed by atoms with van der Waals surface area (Å²) in [6.45, 7) is 0. The zero-order valence-corrected chi connectivity index (χ0v) is 10.5. The van der Waals surface area contributed by atoms with E-state index in [1.807, 2.05) is 6.07 Å². The molecule has 0 atom stereocenters. The molecule has 0 fully saturated rings. The van der Waals surface area contributed by atoms with E-state index < -0.39 is 5.97 Å². The van der Waals surface area contributed by atoms with E-state index in [1.165, 1.54) is 13.2 Å². The van der Waals surface area contributed by atoms with Gasteiger partial charge in [0.15, 0.2) is 0 Å². The fourth-order valence-electron chi connectivity index (χ4n) is 1.53. The maximum absolute atomic E-state index is 11.6. The van der Waals surface area contributed by atoms with Gasteiger partial charge >= 0.3 is 5.97 Å². The Bertz CT molecular complexity index is 647. The molecule has 2 aromatic rings. The molecular weight excluding hydrogens is 284 g/mol. The first-order valence-electron chi connectivity index (χ1n) is 4.74. The van der Waals surface area contributed by atoms with Crippen LogP contribution in [-0.4, -0.2) is 18.1 Å². The van der Waals surface area contributed by atoms with E-state index in [0.29, 0.717) is 16.5 Å². The van der Waals surface area contributed by atoms with E-state index in [2.05, 4.69) is 20.9 Å². The van der Waals surface area contributed by atoms with Crippen LogP contribution in [0.4, 0.5) is 0 Å². The number of benzene rings is 1. The SMILES string of the molecule is COC(=O)c1cc(C#N)nc2ccc(Br)cc12. The molecule has 5 heteroatoms. The van der Waals surface area contributed by atoms with Crippen molar-refractivity contribution in [2.75, 3.05) is 7.11 Å². The van der Waals surface area contributed by atoms with Crippen LogP contribution in [0, 0.1) is 11.3 Å². The lowest BCUT2D eigenvalue weighted by Gasteiger charge is -2.05. The Morgan fingerprint density at radius 1 is 1.47 bits per heavy atom. The summed E-state index contributed by atoms with van der Waals surface area (Å²) in [6.07, 6.45) is 0. The molecule has 0 saturated heterocycles. The zero-order valence-electron chi connectivity index (χ0n) is 8.90. The van der Waals surface area contributed by atoms with E-state index >= 15 is 0 Å². The van der Waals surface area contributed by atoms with Crippen molar-refractivity contribution in [1.82, 2.24) is 4.98 Å². The third kappa shape index (κ3) is 2.12. The fraction of sp³-hybridized carbons (Fsp3) is 0.0833. The lowest BCUT2D eigenvalue weighted by atomic mass is 10.1. The van der Waals surface area contributed by atoms with Crippen LogP contribution in [0.5, 0.6) is 0 Å². The number of nitriles is 1. The minimum atomic E-state index is -0.480. The molecule has 4 nitrogen and oxygen atoms in total. The Labute approximate surface area is 106 Å². The van der Waals surface area contributed by atoms with Crippen LogP contribution in [0.3, 0.4) is 0 Å². The van der Waals surface area contributed by atoms with Crippen LogP contribution in [-0.2, 0) is 4.74 Å². The van der Waals surface area contributed by atoms with Gasteiger partial charge in [-0.3, -0.25) is 0 Å². The van der Waals surface area contributed by atoms with Crippen LogP contribution >= 0.6 is 15.9 Å². The Balaban J connectivity index is 2.82. The summed E-state index contributed by atoms with van der Waals surface area (Å²) in [5.41, 5.74) is 1.13. The molecule has 0 spiro atoms. The monoisotopic (exact) mass is 290 g/mol. The minimum absolute atomic E-state index is 0.195. The molecule has 1 heterocycles. The summed E-state index contributed by atoms with van der Waals surface area (Å²) >= 11 is 3.33. The van der Waals surface area contributed by atoms with Gasteiger partial charge < -0.3 is 4.74 Å². The predicted octanol–water partition coefficient (Wildman–Crippen LogP) is 2.66. The number of carbonyl (C=O) groups excluding carboxylic acids is 1. The van der Waals surface area contributed by atoms with Crippen LogP contribution in [0.2, 0.25) is 0 Å². The average molecular weight is 291 g/mol. The highest BCUT2D eigenvalue weighted by molar-refractivity contribution is 9.10. The number of methoxy groups -OCH3 is 1. The first-order chi connectivity index (χ1) is 8.15. The normalized spacial score (nSPS) is 9.94. The number of rotatable bonds is 1. The van der Waals surface area contributed by atoms with Crippen molar-refractivity contribution in [2.45, 2.75) is 0 Å². The van der Waals surface area contributed by atoms with Crippen LogP contribution < -0.4 is 0 Å². The van der Waals surface area contributed by atoms with Crippen molar-refractivity contribution in [2.24, 2.45) is 0 Å². The Morgan fingerprint density at radius 3 is 2.88 bits per heavy atom. The molecule has 0 radical (unpaired) electrons. The van der Waals surface area contributed by atoms with E-state index in [9.17, 15) is 4.79 Å². The molecule has 0 N–H and O–H groups in total. The molecule has 0 aliphatic rings. The molecule has 2 rings (SSSR count). The molecule has 0 bridgehead atoms. The summed E-state index contributed by atoms with van der Waals surface area (Å²) < 4.78 is 5.53. The van der Waals surface area contributed by atoms with Crippen LogP contribution in [0.1, 0.15) is 16.1 Å². The Morgan fingerprint density at radius 2 is 2.24 bits per heavy atom. The smallest absolute Gasteiger partial charge is 0.338 e. The minimum Gasteiger partial charge on any atom is -0.465 e. The zero-order chi connectivity index (χ0) is 12.4. The molecule has 0 aliphatic heterocycles. The lowest BCUT2D eigenvalue weighted by molar-refractivity contribution is 0.0603. The summed E-state index contributed by atoms with van der Waals surface area (Å²) in [6, 6.07) is 8.67. The van der Waals surface area contributed by atoms with Gasteiger partial charge in [-0.1, -0.05) is 15.9 Å². The average Bonchev–Trinajstić information content (AvgIpc) is 2.36. The number of halogens is 1. The number of pyridine rings is 1. The van der Waals surface area contributed by atoms with Gasteiger partial charge in [0.25, 0.3) is 0 Å². The van der Waals surface area contributed by atoms with Crippen LogP contribution in [0.15, 0.2) is 28.7 Å². The van der Waals surface area contributed by atoms with Gasteiger partial charge in [-0.05, 0) is 24.3 Å². The van der Waals surface area contributed by atoms with E-state index in [-0.39, 0.29) is 5.69 Å². The summed E-state index contributed by atoms with van der Waals surface area (Å²) in [4.78, 5) is 15.8. The molecule has 17 heavy (non-hydrogen) atoms. The number of hydrogen-bond acceptors (Lipinski definition) is 4. The molecule has 1 aromatic heterocycles. The number of nitrogens with zero attached hydrogens (tertiary/aromatic N) is 2. The number of aromatic nitrogens is 1. The van der Waals surface area contributed by atoms with E-state index in [0.717, 1.165) is 4.47 Å². The summed E-state index contributed by atoms with van der Waals surface area (Å²) in [5.74, 6) is -0.480. The molecule has 0 aliphatic carbocycles. The van der Waals surface area contributed by atoms with Gasteiger partial charge in [-0.25, -0.2) is 9.78 Å². The predicted molar refractivity (Wildman–Crippen MR) is 65.5 cm³/mol. The number of carbonyl (C=O) groups is 1. The van der Waals surface area contributed by atoms with E-state index in [4.69, 9.17) is 10.00 Å². The second-order valence-electron chi connectivity index (χ2n) is 3.32. The maximum atomic E-state index is 11.6. The van der Waals surface area contributed by atoms with Crippen molar-refractivity contribution >= 4 is 32.8 Å². The highest BCUT2D eigenvalue weighted by Gasteiger charge is 2.13. The van der Waals surface area contributed by atoms with Gasteiger partial charge in [0.05, 0.1) is 18.2 Å². The van der Waals surface area contributed by atoms with Crippen molar-refractivity contribution in [3.8, 4) is 6.07 Å². The van der Waals surface area contributed by atoms with Crippen molar-refractivity contribution in [3.05, 3.63) is 40.0 Å². The second kappa shape index (κ2) is 4.52. The second-order valence-corrected chi connectivity index (χ2v) is 4.24. The van der Waals surface area contributed by atoms with Gasteiger partial charge in [-0.15, -0.1) is 0 Å². The highest BCUT2D eigenvalue weighted by atomic mass is 79.9. The molecule has 1 aromatic carbocycles. The summed E-state index contributed by atoms with van der Waals surface area (Å²) in [7, 11) is 1.30. The van der Waals surface area contributed by atoms with E-state index in [1.54, 1.807) is 18.2 Å². The van der Waals surface area contributed by atoms with Gasteiger partial charge in [0.1, 0.15) is 11.8 Å². The third-order valence-corrected chi connectivity index (χ3v) is 2.78. The fourth-order valence-corrected chi connectivity index (χ4v) is 1.90. The van der Waals surface area contributed by atoms with Gasteiger partial charge in [0, 0.05) is 9.86 Å². The molecule has 0 unspecified atom stereocenters. The Hall–Kier alpha value is -1.93. The maximum Gasteiger partial charge on any atom is 0.338 e. The van der Waals surface area contributed by atoms with Crippen molar-refractivity contribution in [3.63, 3.8) is 0 Å². The Kier molecular flexibility index (Phi) is 3.07. The van der Waals surface area contributed by atoms with Crippen molar-refractivity contribution < 1.29 is 9.53 Å². The lowest BCUT2D eigenvalue weighted by Crippen LogP contribution is -2.04. The number of ether oxygens (including phenoxy) is 1. The van der Waals surface area contributed by atoms with Crippen molar-refractivity contribution in [1.29, 1.82) is 5.26 Å². The number of hydrogen-bond donors (Lipinski definition) is 0. The van der Waals surface area contributed by atoms with Crippen LogP contribution in [0.25, 0.3) is 10.9 Å². The topological polar surface area (TPSA) is 63.0 Å². The number of esters is 1. The first kappa shape index (κ1) is 11.6. The molecule has 0 saturated carbocycles. The summed E-state index contributed by atoms with van der Waals surface area (Å²) in [5, 5.41) is 9.51. The molecule has 84 valence electrons. The largest absolute Gasteiger partial charge is 0.465 e. The van der Waals surface area contributed by atoms with Gasteiger partial charge in [-0.2, -0.15) is 5.26 Å².